The summed E-state index contributed by atoms with van der Waals surface area (Å²) in [6.07, 6.45) is -0.539. The van der Waals surface area contributed by atoms with Crippen molar-refractivity contribution in [1.29, 1.82) is 0 Å². The van der Waals surface area contributed by atoms with Crippen LogP contribution in [0.15, 0.2) is 54.6 Å². The molecule has 142 valence electrons. The number of hydrogen-bond acceptors (Lipinski definition) is 4. The highest BCUT2D eigenvalue weighted by Crippen LogP contribution is 2.41. The van der Waals surface area contributed by atoms with Crippen molar-refractivity contribution in [3.63, 3.8) is 0 Å². The smallest absolute Gasteiger partial charge is 0.426 e. The Labute approximate surface area is 162 Å². The molecule has 6 heteroatoms. The zero-order valence-electron chi connectivity index (χ0n) is 15.9. The van der Waals surface area contributed by atoms with Gasteiger partial charge in [-0.15, -0.1) is 0 Å². The summed E-state index contributed by atoms with van der Waals surface area (Å²) >= 11 is 0. The topological polar surface area (TPSA) is 78.5 Å². The summed E-state index contributed by atoms with van der Waals surface area (Å²) in [6.45, 7) is 1.95. The lowest BCUT2D eigenvalue weighted by atomic mass is 9.96. The van der Waals surface area contributed by atoms with Gasteiger partial charge in [0.25, 0.3) is 0 Å². The second-order valence-electron chi connectivity index (χ2n) is 6.53. The molecular formula is C22H21N3O3. The molecule has 6 nitrogen and oxygen atoms in total. The molecule has 0 unspecified atom stereocenters. The fourth-order valence-corrected chi connectivity index (χ4v) is 3.68. The standard InChI is InChI=1S/C22H21N3O3/c1-13-20(17-6-4-5-7-18(17)23)21-16-10-9-15(27-2)12-14(16)8-11-19(21)25(13)24-22(26)28-3/h4-12H,23H2,1-3H3,(H,24,26). The first-order valence-corrected chi connectivity index (χ1v) is 8.86. The maximum atomic E-state index is 11.9. The van der Waals surface area contributed by atoms with Crippen LogP contribution in [0.25, 0.3) is 32.8 Å². The van der Waals surface area contributed by atoms with Gasteiger partial charge in [-0.1, -0.05) is 24.3 Å². The Bertz CT molecular complexity index is 1210. The zero-order valence-corrected chi connectivity index (χ0v) is 15.9. The number of carbonyl (C=O) groups excluding carboxylic acids is 1. The van der Waals surface area contributed by atoms with Crippen LogP contribution in [0, 0.1) is 6.92 Å². The van der Waals surface area contributed by atoms with Crippen LogP contribution in [-0.4, -0.2) is 25.0 Å². The van der Waals surface area contributed by atoms with Crippen LogP contribution in [0.3, 0.4) is 0 Å². The predicted octanol–water partition coefficient (Wildman–Crippen LogP) is 4.67. The first-order valence-electron chi connectivity index (χ1n) is 8.86. The SMILES string of the molecule is COC(=O)Nn1c(C)c(-c2ccccc2N)c2c3ccc(OC)cc3ccc21. The number of nitrogens with zero attached hydrogens (tertiary/aromatic N) is 1. The van der Waals surface area contributed by atoms with E-state index in [1.54, 1.807) is 11.8 Å². The van der Waals surface area contributed by atoms with Crippen molar-refractivity contribution in [2.75, 3.05) is 25.4 Å². The normalized spacial score (nSPS) is 11.0. The Hall–Kier alpha value is -3.67. The van der Waals surface area contributed by atoms with Gasteiger partial charge >= 0.3 is 6.09 Å². The van der Waals surface area contributed by atoms with Crippen LogP contribution in [0.2, 0.25) is 0 Å². The number of benzene rings is 3. The van der Waals surface area contributed by atoms with Gasteiger partial charge in [-0.3, -0.25) is 4.68 Å². The molecule has 28 heavy (non-hydrogen) atoms. The third-order valence-corrected chi connectivity index (χ3v) is 5.01. The number of hydrogen-bond donors (Lipinski definition) is 2. The van der Waals surface area contributed by atoms with Gasteiger partial charge in [-0.25, -0.2) is 10.2 Å². The summed E-state index contributed by atoms with van der Waals surface area (Å²) in [6, 6.07) is 17.7. The van der Waals surface area contributed by atoms with E-state index in [2.05, 4.69) is 5.43 Å². The van der Waals surface area contributed by atoms with Gasteiger partial charge in [-0.2, -0.15) is 0 Å². The lowest BCUT2D eigenvalue weighted by Gasteiger charge is -2.10. The number of nitrogen functional groups attached to an aromatic ring is 1. The second-order valence-corrected chi connectivity index (χ2v) is 6.53. The maximum Gasteiger partial charge on any atom is 0.426 e. The minimum absolute atomic E-state index is 0.539. The Kier molecular flexibility index (Phi) is 4.31. The van der Waals surface area contributed by atoms with Crippen LogP contribution in [-0.2, 0) is 4.74 Å². The van der Waals surface area contributed by atoms with Crippen LogP contribution in [0.4, 0.5) is 10.5 Å². The molecule has 4 aromatic rings. The largest absolute Gasteiger partial charge is 0.497 e. The number of nitrogens with two attached hydrogens (primary N) is 1. The summed E-state index contributed by atoms with van der Waals surface area (Å²) in [7, 11) is 2.99. The molecule has 1 aromatic heterocycles. The lowest BCUT2D eigenvalue weighted by Crippen LogP contribution is -2.23. The van der Waals surface area contributed by atoms with Crippen molar-refractivity contribution in [3.8, 4) is 16.9 Å². The molecule has 0 aliphatic rings. The molecule has 0 saturated heterocycles. The van der Waals surface area contributed by atoms with Crippen LogP contribution < -0.4 is 15.9 Å². The molecule has 0 aliphatic heterocycles. The number of anilines is 1. The van der Waals surface area contributed by atoms with Gasteiger partial charge in [-0.05, 0) is 48.0 Å². The van der Waals surface area contributed by atoms with Crippen molar-refractivity contribution < 1.29 is 14.3 Å². The first kappa shape index (κ1) is 17.7. The van der Waals surface area contributed by atoms with E-state index in [-0.39, 0.29) is 0 Å². The van der Waals surface area contributed by atoms with E-state index in [9.17, 15) is 4.79 Å². The van der Waals surface area contributed by atoms with Crippen molar-refractivity contribution >= 4 is 33.5 Å². The first-order chi connectivity index (χ1) is 13.5. The molecule has 0 radical (unpaired) electrons. The molecule has 3 N–H and O–H groups in total. The molecule has 0 saturated carbocycles. The Morgan fingerprint density at radius 2 is 1.86 bits per heavy atom. The van der Waals surface area contributed by atoms with Crippen molar-refractivity contribution in [2.24, 2.45) is 0 Å². The number of rotatable bonds is 3. The fraction of sp³-hybridized carbons (Fsp3) is 0.136. The van der Waals surface area contributed by atoms with E-state index >= 15 is 0 Å². The number of aromatic nitrogens is 1. The molecule has 4 rings (SSSR count). The van der Waals surface area contributed by atoms with E-state index in [0.29, 0.717) is 5.69 Å². The third-order valence-electron chi connectivity index (χ3n) is 5.01. The molecular weight excluding hydrogens is 354 g/mol. The number of amides is 1. The highest BCUT2D eigenvalue weighted by atomic mass is 16.5. The number of fused-ring (bicyclic) bond motifs is 3. The fourth-order valence-electron chi connectivity index (χ4n) is 3.68. The van der Waals surface area contributed by atoms with Gasteiger partial charge in [0, 0.05) is 27.9 Å². The molecule has 0 aliphatic carbocycles. The monoisotopic (exact) mass is 375 g/mol. The molecule has 3 aromatic carbocycles. The average Bonchev–Trinajstić information content (AvgIpc) is 2.99. The van der Waals surface area contributed by atoms with Crippen molar-refractivity contribution in [3.05, 3.63) is 60.3 Å². The van der Waals surface area contributed by atoms with Gasteiger partial charge in [0.15, 0.2) is 0 Å². The molecule has 0 bridgehead atoms. The van der Waals surface area contributed by atoms with Crippen LogP contribution in [0.1, 0.15) is 5.69 Å². The predicted molar refractivity (Wildman–Crippen MR) is 112 cm³/mol. The Balaban J connectivity index is 2.13. The third kappa shape index (κ3) is 2.70. The lowest BCUT2D eigenvalue weighted by molar-refractivity contribution is 0.183. The summed E-state index contributed by atoms with van der Waals surface area (Å²) in [5.41, 5.74) is 13.4. The van der Waals surface area contributed by atoms with E-state index in [1.807, 2.05) is 61.5 Å². The molecule has 0 spiro atoms. The average molecular weight is 375 g/mol. The van der Waals surface area contributed by atoms with E-state index < -0.39 is 6.09 Å². The summed E-state index contributed by atoms with van der Waals surface area (Å²) in [5, 5.41) is 3.09. The van der Waals surface area contributed by atoms with E-state index in [1.165, 1.54) is 7.11 Å². The number of para-hydroxylation sites is 1. The summed E-state index contributed by atoms with van der Waals surface area (Å²) in [4.78, 5) is 11.9. The maximum absolute atomic E-state index is 11.9. The van der Waals surface area contributed by atoms with Gasteiger partial charge < -0.3 is 15.2 Å². The van der Waals surface area contributed by atoms with Gasteiger partial charge in [0.1, 0.15) is 5.75 Å². The Morgan fingerprint density at radius 3 is 2.57 bits per heavy atom. The highest BCUT2D eigenvalue weighted by molar-refractivity contribution is 6.16. The minimum atomic E-state index is -0.539. The van der Waals surface area contributed by atoms with E-state index in [4.69, 9.17) is 15.2 Å². The van der Waals surface area contributed by atoms with E-state index in [0.717, 1.165) is 44.2 Å². The molecule has 0 atom stereocenters. The number of ether oxygens (including phenoxy) is 2. The van der Waals surface area contributed by atoms with Crippen LogP contribution in [0.5, 0.6) is 5.75 Å². The van der Waals surface area contributed by atoms with Crippen molar-refractivity contribution in [2.45, 2.75) is 6.92 Å². The van der Waals surface area contributed by atoms with Crippen molar-refractivity contribution in [1.82, 2.24) is 4.68 Å². The zero-order chi connectivity index (χ0) is 19.8. The highest BCUT2D eigenvalue weighted by Gasteiger charge is 2.20. The van der Waals surface area contributed by atoms with Gasteiger partial charge in [0.2, 0.25) is 0 Å². The number of methoxy groups -OCH3 is 2. The summed E-state index contributed by atoms with van der Waals surface area (Å²) in [5.74, 6) is 0.788. The number of nitrogens with one attached hydrogen (secondary N) is 1. The molecule has 1 heterocycles. The minimum Gasteiger partial charge on any atom is -0.497 e. The number of carbonyl (C=O) groups is 1. The van der Waals surface area contributed by atoms with Gasteiger partial charge in [0.05, 0.1) is 19.7 Å². The molecule has 0 fully saturated rings. The quantitative estimate of drug-likeness (QED) is 0.510. The van der Waals surface area contributed by atoms with Crippen LogP contribution >= 0.6 is 0 Å². The second kappa shape index (κ2) is 6.81. The molecule has 1 amide bonds. The summed E-state index contributed by atoms with van der Waals surface area (Å²) < 4.78 is 11.9. The Morgan fingerprint density at radius 1 is 1.07 bits per heavy atom.